The zero-order valence-corrected chi connectivity index (χ0v) is 10.7. The SMILES string of the molecule is SC1CCC(SC2CCCCC2)CC1. The molecule has 0 spiro atoms. The quantitative estimate of drug-likeness (QED) is 0.690. The van der Waals surface area contributed by atoms with E-state index >= 15 is 0 Å². The van der Waals surface area contributed by atoms with Gasteiger partial charge in [-0.05, 0) is 38.5 Å². The Bertz CT molecular complexity index is 156. The molecule has 0 nitrogen and oxygen atoms in total. The van der Waals surface area contributed by atoms with Crippen LogP contribution in [0.2, 0.25) is 0 Å². The van der Waals surface area contributed by atoms with Gasteiger partial charge < -0.3 is 0 Å². The predicted octanol–water partition coefficient (Wildman–Crippen LogP) is 4.29. The van der Waals surface area contributed by atoms with Gasteiger partial charge in [-0.25, -0.2) is 0 Å². The van der Waals surface area contributed by atoms with Crippen molar-refractivity contribution in [2.75, 3.05) is 0 Å². The van der Waals surface area contributed by atoms with Crippen LogP contribution in [0.5, 0.6) is 0 Å². The second kappa shape index (κ2) is 5.69. The van der Waals surface area contributed by atoms with Crippen LogP contribution in [0.1, 0.15) is 57.8 Å². The molecule has 2 aliphatic rings. The maximum atomic E-state index is 4.56. The van der Waals surface area contributed by atoms with E-state index in [1.54, 1.807) is 0 Å². The van der Waals surface area contributed by atoms with Crippen LogP contribution in [0.25, 0.3) is 0 Å². The predicted molar refractivity (Wildman–Crippen MR) is 69.5 cm³/mol. The summed E-state index contributed by atoms with van der Waals surface area (Å²) >= 11 is 6.87. The van der Waals surface area contributed by atoms with E-state index in [-0.39, 0.29) is 0 Å². The van der Waals surface area contributed by atoms with Gasteiger partial charge in [-0.3, -0.25) is 0 Å². The van der Waals surface area contributed by atoms with Gasteiger partial charge >= 0.3 is 0 Å². The maximum Gasteiger partial charge on any atom is 0.00506 e. The summed E-state index contributed by atoms with van der Waals surface area (Å²) in [4.78, 5) is 0. The second-order valence-electron chi connectivity index (χ2n) is 4.83. The third-order valence-corrected chi connectivity index (χ3v) is 5.81. The summed E-state index contributed by atoms with van der Waals surface area (Å²) < 4.78 is 0. The standard InChI is InChI=1S/C12H22S2/c13-10-6-8-12(9-7-10)14-11-4-2-1-3-5-11/h10-13H,1-9H2. The van der Waals surface area contributed by atoms with Crippen LogP contribution in [0.15, 0.2) is 0 Å². The van der Waals surface area contributed by atoms with Gasteiger partial charge in [-0.15, -0.1) is 0 Å². The molecule has 2 aliphatic carbocycles. The summed E-state index contributed by atoms with van der Waals surface area (Å²) in [5.41, 5.74) is 0. The minimum Gasteiger partial charge on any atom is -0.176 e. The van der Waals surface area contributed by atoms with Crippen LogP contribution in [0, 0.1) is 0 Å². The first-order valence-corrected chi connectivity index (χ1v) is 7.64. The first-order valence-electron chi connectivity index (χ1n) is 6.18. The van der Waals surface area contributed by atoms with Crippen molar-refractivity contribution in [1.82, 2.24) is 0 Å². The molecule has 0 aromatic carbocycles. The lowest BCUT2D eigenvalue weighted by Gasteiger charge is -2.30. The summed E-state index contributed by atoms with van der Waals surface area (Å²) in [5, 5.41) is 2.69. The third kappa shape index (κ3) is 3.37. The molecule has 0 N–H and O–H groups in total. The average Bonchev–Trinajstić information content (AvgIpc) is 2.23. The van der Waals surface area contributed by atoms with E-state index in [1.807, 2.05) is 0 Å². The van der Waals surface area contributed by atoms with Crippen molar-refractivity contribution < 1.29 is 0 Å². The second-order valence-corrected chi connectivity index (χ2v) is 7.16. The van der Waals surface area contributed by atoms with Crippen LogP contribution >= 0.6 is 24.4 Å². The molecule has 0 saturated heterocycles. The van der Waals surface area contributed by atoms with E-state index < -0.39 is 0 Å². The first kappa shape index (κ1) is 11.2. The molecule has 0 aromatic heterocycles. The van der Waals surface area contributed by atoms with Gasteiger partial charge in [0, 0.05) is 15.7 Å². The van der Waals surface area contributed by atoms with Gasteiger partial charge in [0.25, 0.3) is 0 Å². The zero-order valence-electron chi connectivity index (χ0n) is 8.95. The van der Waals surface area contributed by atoms with Crippen LogP contribution < -0.4 is 0 Å². The van der Waals surface area contributed by atoms with E-state index in [1.165, 1.54) is 57.8 Å². The number of hydrogen-bond donors (Lipinski definition) is 1. The smallest absolute Gasteiger partial charge is 0.00506 e. The monoisotopic (exact) mass is 230 g/mol. The Hall–Kier alpha value is 0.700. The topological polar surface area (TPSA) is 0 Å². The lowest BCUT2D eigenvalue weighted by Crippen LogP contribution is -2.20. The van der Waals surface area contributed by atoms with E-state index in [0.29, 0.717) is 5.25 Å². The van der Waals surface area contributed by atoms with Crippen molar-refractivity contribution in [2.45, 2.75) is 73.5 Å². The summed E-state index contributed by atoms with van der Waals surface area (Å²) in [6, 6.07) is 0. The normalized spacial score (nSPS) is 35.8. The molecule has 0 atom stereocenters. The minimum atomic E-state index is 0.707. The lowest BCUT2D eigenvalue weighted by molar-refractivity contribution is 0.500. The van der Waals surface area contributed by atoms with Crippen molar-refractivity contribution in [2.24, 2.45) is 0 Å². The van der Waals surface area contributed by atoms with Crippen LogP contribution in [0.3, 0.4) is 0 Å². The molecular formula is C12H22S2. The maximum absolute atomic E-state index is 4.56. The molecule has 0 aliphatic heterocycles. The van der Waals surface area contributed by atoms with Crippen molar-refractivity contribution in [3.05, 3.63) is 0 Å². The molecule has 2 fully saturated rings. The highest BCUT2D eigenvalue weighted by atomic mass is 32.2. The van der Waals surface area contributed by atoms with Gasteiger partial charge in [0.05, 0.1) is 0 Å². The van der Waals surface area contributed by atoms with Crippen LogP contribution in [-0.2, 0) is 0 Å². The Labute approximate surface area is 98.0 Å². The summed E-state index contributed by atoms with van der Waals surface area (Å²) in [6.45, 7) is 0. The molecule has 2 heteroatoms. The third-order valence-electron chi connectivity index (χ3n) is 3.58. The molecule has 2 rings (SSSR count). The fourth-order valence-electron chi connectivity index (χ4n) is 2.65. The van der Waals surface area contributed by atoms with Gasteiger partial charge in [-0.1, -0.05) is 19.3 Å². The molecule has 2 saturated carbocycles. The Morgan fingerprint density at radius 3 is 1.93 bits per heavy atom. The average molecular weight is 230 g/mol. The van der Waals surface area contributed by atoms with E-state index in [9.17, 15) is 0 Å². The molecule has 0 aromatic rings. The Morgan fingerprint density at radius 1 is 0.714 bits per heavy atom. The molecule has 82 valence electrons. The van der Waals surface area contributed by atoms with Gasteiger partial charge in [0.15, 0.2) is 0 Å². The van der Waals surface area contributed by atoms with Crippen molar-refractivity contribution in [1.29, 1.82) is 0 Å². The Morgan fingerprint density at radius 2 is 1.29 bits per heavy atom. The fourth-order valence-corrected chi connectivity index (χ4v) is 4.65. The number of rotatable bonds is 2. The van der Waals surface area contributed by atoms with E-state index in [2.05, 4.69) is 24.4 Å². The van der Waals surface area contributed by atoms with E-state index in [4.69, 9.17) is 0 Å². The van der Waals surface area contributed by atoms with Gasteiger partial charge in [-0.2, -0.15) is 24.4 Å². The Kier molecular flexibility index (Phi) is 4.55. The number of thioether (sulfide) groups is 1. The first-order chi connectivity index (χ1) is 6.84. The molecule has 0 unspecified atom stereocenters. The largest absolute Gasteiger partial charge is 0.176 e. The number of thiol groups is 1. The van der Waals surface area contributed by atoms with Crippen LogP contribution in [-0.4, -0.2) is 15.7 Å². The lowest BCUT2D eigenvalue weighted by atomic mass is 9.99. The highest BCUT2D eigenvalue weighted by Crippen LogP contribution is 2.37. The van der Waals surface area contributed by atoms with Crippen molar-refractivity contribution in [3.63, 3.8) is 0 Å². The summed E-state index contributed by atoms with van der Waals surface area (Å²) in [6.07, 6.45) is 13.0. The van der Waals surface area contributed by atoms with Gasteiger partial charge in [0.1, 0.15) is 0 Å². The van der Waals surface area contributed by atoms with Crippen molar-refractivity contribution in [3.8, 4) is 0 Å². The summed E-state index contributed by atoms with van der Waals surface area (Å²) in [7, 11) is 0. The number of hydrogen-bond acceptors (Lipinski definition) is 2. The molecule has 0 bridgehead atoms. The van der Waals surface area contributed by atoms with Crippen LogP contribution in [0.4, 0.5) is 0 Å². The molecule has 14 heavy (non-hydrogen) atoms. The molecule has 0 amide bonds. The van der Waals surface area contributed by atoms with E-state index in [0.717, 1.165) is 10.5 Å². The molecular weight excluding hydrogens is 208 g/mol. The zero-order chi connectivity index (χ0) is 9.80. The Balaban J connectivity index is 1.68. The van der Waals surface area contributed by atoms with Gasteiger partial charge in [0.2, 0.25) is 0 Å². The summed E-state index contributed by atoms with van der Waals surface area (Å²) in [5.74, 6) is 0. The highest BCUT2D eigenvalue weighted by molar-refractivity contribution is 8.00. The fraction of sp³-hybridized carbons (Fsp3) is 1.00. The molecule has 0 radical (unpaired) electrons. The highest BCUT2D eigenvalue weighted by Gasteiger charge is 2.23. The minimum absolute atomic E-state index is 0.707. The van der Waals surface area contributed by atoms with Crippen molar-refractivity contribution >= 4 is 24.4 Å². The molecule has 0 heterocycles.